The first kappa shape index (κ1) is 17.5. The molecule has 0 amide bonds. The lowest BCUT2D eigenvalue weighted by Crippen LogP contribution is -2.43. The minimum atomic E-state index is -1.93. The SMILES string of the molecule is COC(=O)n1c2ccc(O[Si](C)(C)C(C)(C)C)cc2c2ccncc21. The van der Waals surface area contributed by atoms with Crippen LogP contribution in [0.2, 0.25) is 18.1 Å². The number of nitrogens with zero attached hydrogens (tertiary/aromatic N) is 2. The van der Waals surface area contributed by atoms with Gasteiger partial charge in [-0.1, -0.05) is 20.8 Å². The highest BCUT2D eigenvalue weighted by Gasteiger charge is 2.39. The second-order valence-corrected chi connectivity index (χ2v) is 12.5. The molecule has 0 spiro atoms. The van der Waals surface area contributed by atoms with Crippen molar-refractivity contribution in [2.45, 2.75) is 38.9 Å². The van der Waals surface area contributed by atoms with E-state index < -0.39 is 14.4 Å². The summed E-state index contributed by atoms with van der Waals surface area (Å²) in [6, 6.07) is 7.76. The molecule has 1 aromatic carbocycles. The van der Waals surface area contributed by atoms with E-state index in [0.29, 0.717) is 0 Å². The third-order valence-corrected chi connectivity index (χ3v) is 9.43. The van der Waals surface area contributed by atoms with E-state index in [1.807, 2.05) is 24.3 Å². The summed E-state index contributed by atoms with van der Waals surface area (Å²) in [6.07, 6.45) is 2.98. The van der Waals surface area contributed by atoms with Crippen LogP contribution in [0.1, 0.15) is 20.8 Å². The van der Waals surface area contributed by atoms with Crippen LogP contribution < -0.4 is 4.43 Å². The average molecular weight is 356 g/mol. The molecule has 0 saturated carbocycles. The van der Waals surface area contributed by atoms with E-state index in [0.717, 1.165) is 27.6 Å². The summed E-state index contributed by atoms with van der Waals surface area (Å²) in [5, 5.41) is 2.03. The van der Waals surface area contributed by atoms with Crippen LogP contribution in [0, 0.1) is 0 Å². The maximum Gasteiger partial charge on any atom is 0.418 e. The second kappa shape index (κ2) is 5.88. The third-order valence-electron chi connectivity index (χ3n) is 5.08. The number of fused-ring (bicyclic) bond motifs is 3. The van der Waals surface area contributed by atoms with Gasteiger partial charge in [0, 0.05) is 17.0 Å². The molecule has 2 aromatic heterocycles. The third kappa shape index (κ3) is 2.91. The molecule has 3 aromatic rings. The van der Waals surface area contributed by atoms with Gasteiger partial charge in [0.15, 0.2) is 0 Å². The highest BCUT2D eigenvalue weighted by molar-refractivity contribution is 6.74. The zero-order valence-corrected chi connectivity index (χ0v) is 16.6. The maximum atomic E-state index is 12.2. The van der Waals surface area contributed by atoms with Gasteiger partial charge in [0.1, 0.15) is 5.75 Å². The summed E-state index contributed by atoms with van der Waals surface area (Å²) < 4.78 is 12.9. The van der Waals surface area contributed by atoms with Gasteiger partial charge in [0.25, 0.3) is 0 Å². The Morgan fingerprint density at radius 3 is 2.48 bits per heavy atom. The summed E-state index contributed by atoms with van der Waals surface area (Å²) in [7, 11) is -0.553. The van der Waals surface area contributed by atoms with Crippen LogP contribution in [0.15, 0.2) is 36.7 Å². The van der Waals surface area contributed by atoms with Gasteiger partial charge in [-0.2, -0.15) is 0 Å². The summed E-state index contributed by atoms with van der Waals surface area (Å²) in [5.74, 6) is 0.833. The first-order valence-corrected chi connectivity index (χ1v) is 11.2. The zero-order valence-electron chi connectivity index (χ0n) is 15.6. The van der Waals surface area contributed by atoms with Crippen molar-refractivity contribution in [2.24, 2.45) is 0 Å². The van der Waals surface area contributed by atoms with Crippen molar-refractivity contribution < 1.29 is 14.0 Å². The minimum Gasteiger partial charge on any atom is -0.543 e. The molecule has 0 aliphatic heterocycles. The number of methoxy groups -OCH3 is 1. The predicted molar refractivity (Wildman–Crippen MR) is 103 cm³/mol. The Kier molecular flexibility index (Phi) is 4.11. The summed E-state index contributed by atoms with van der Waals surface area (Å²) in [6.45, 7) is 11.1. The Morgan fingerprint density at radius 1 is 1.12 bits per heavy atom. The number of hydrogen-bond acceptors (Lipinski definition) is 4. The van der Waals surface area contributed by atoms with Crippen molar-refractivity contribution in [1.29, 1.82) is 0 Å². The largest absolute Gasteiger partial charge is 0.543 e. The van der Waals surface area contributed by atoms with Crippen LogP contribution in [0.3, 0.4) is 0 Å². The van der Waals surface area contributed by atoms with Crippen molar-refractivity contribution in [2.75, 3.05) is 7.11 Å². The summed E-state index contributed by atoms with van der Waals surface area (Å²) in [5.41, 5.74) is 1.52. The van der Waals surface area contributed by atoms with Crippen molar-refractivity contribution in [3.63, 3.8) is 0 Å². The van der Waals surface area contributed by atoms with Crippen LogP contribution in [-0.2, 0) is 4.74 Å². The van der Waals surface area contributed by atoms with Gasteiger partial charge in [0.05, 0.1) is 24.3 Å². The van der Waals surface area contributed by atoms with Crippen molar-refractivity contribution in [1.82, 2.24) is 9.55 Å². The molecule has 2 heterocycles. The standard InChI is InChI=1S/C19H24N2O3Si/c1-19(2,3)25(5,6)24-13-7-8-16-15(11-13)14-9-10-20-12-17(14)21(16)18(22)23-4/h7-12H,1-6H3. The maximum absolute atomic E-state index is 12.2. The Balaban J connectivity index is 2.19. The monoisotopic (exact) mass is 356 g/mol. The molecular formula is C19H24N2O3Si. The topological polar surface area (TPSA) is 53.4 Å². The second-order valence-electron chi connectivity index (χ2n) is 7.74. The fourth-order valence-electron chi connectivity index (χ4n) is 2.65. The van der Waals surface area contributed by atoms with Gasteiger partial charge in [-0.3, -0.25) is 4.98 Å². The van der Waals surface area contributed by atoms with E-state index in [-0.39, 0.29) is 5.04 Å². The lowest BCUT2D eigenvalue weighted by molar-refractivity contribution is 0.175. The lowest BCUT2D eigenvalue weighted by atomic mass is 10.2. The number of aromatic nitrogens is 2. The fraction of sp³-hybridized carbons (Fsp3) is 0.368. The van der Waals surface area contributed by atoms with E-state index in [1.165, 1.54) is 7.11 Å². The van der Waals surface area contributed by atoms with Crippen LogP contribution in [0.4, 0.5) is 4.79 Å². The van der Waals surface area contributed by atoms with Crippen LogP contribution in [-0.4, -0.2) is 31.1 Å². The molecular weight excluding hydrogens is 332 g/mol. The molecule has 0 radical (unpaired) electrons. The molecule has 0 fully saturated rings. The highest BCUT2D eigenvalue weighted by atomic mass is 28.4. The molecule has 0 unspecified atom stereocenters. The zero-order chi connectivity index (χ0) is 18.4. The molecule has 132 valence electrons. The Hall–Kier alpha value is -2.34. The molecule has 0 saturated heterocycles. The van der Waals surface area contributed by atoms with E-state index in [4.69, 9.17) is 9.16 Å². The first-order chi connectivity index (χ1) is 11.7. The molecule has 0 aliphatic carbocycles. The smallest absolute Gasteiger partial charge is 0.418 e. The normalized spacial score (nSPS) is 12.6. The van der Waals surface area contributed by atoms with Crippen LogP contribution >= 0.6 is 0 Å². The Bertz CT molecular complexity index is 954. The Morgan fingerprint density at radius 2 is 1.84 bits per heavy atom. The molecule has 0 aliphatic rings. The quantitative estimate of drug-likeness (QED) is 0.593. The molecule has 25 heavy (non-hydrogen) atoms. The van der Waals surface area contributed by atoms with E-state index in [1.54, 1.807) is 17.0 Å². The van der Waals surface area contributed by atoms with Gasteiger partial charge >= 0.3 is 6.09 Å². The first-order valence-electron chi connectivity index (χ1n) is 8.31. The van der Waals surface area contributed by atoms with E-state index in [2.05, 4.69) is 38.8 Å². The van der Waals surface area contributed by atoms with Crippen LogP contribution in [0.5, 0.6) is 5.75 Å². The summed E-state index contributed by atoms with van der Waals surface area (Å²) >= 11 is 0. The predicted octanol–water partition coefficient (Wildman–Crippen LogP) is 5.19. The van der Waals surface area contributed by atoms with Gasteiger partial charge in [-0.15, -0.1) is 0 Å². The summed E-state index contributed by atoms with van der Waals surface area (Å²) in [4.78, 5) is 16.4. The van der Waals surface area contributed by atoms with Crippen molar-refractivity contribution in [3.05, 3.63) is 36.7 Å². The van der Waals surface area contributed by atoms with Crippen LogP contribution in [0.25, 0.3) is 21.8 Å². The van der Waals surface area contributed by atoms with Gasteiger partial charge < -0.3 is 9.16 Å². The molecule has 0 N–H and O–H groups in total. The van der Waals surface area contributed by atoms with Crippen molar-refractivity contribution in [3.8, 4) is 5.75 Å². The number of carbonyl (C=O) groups excluding carboxylic acids is 1. The molecule has 5 nitrogen and oxygen atoms in total. The number of rotatable bonds is 2. The molecule has 0 bridgehead atoms. The number of pyridine rings is 1. The number of hydrogen-bond donors (Lipinski definition) is 0. The van der Waals surface area contributed by atoms with E-state index >= 15 is 0 Å². The fourth-order valence-corrected chi connectivity index (χ4v) is 3.67. The lowest BCUT2D eigenvalue weighted by Gasteiger charge is -2.36. The number of ether oxygens (including phenoxy) is 1. The van der Waals surface area contributed by atoms with Crippen molar-refractivity contribution >= 4 is 36.2 Å². The number of benzene rings is 1. The molecule has 3 rings (SSSR count). The molecule has 0 atom stereocenters. The minimum absolute atomic E-state index is 0.117. The highest BCUT2D eigenvalue weighted by Crippen LogP contribution is 2.39. The molecule has 6 heteroatoms. The Labute approximate surface area is 148 Å². The van der Waals surface area contributed by atoms with E-state index in [9.17, 15) is 4.79 Å². The number of carbonyl (C=O) groups is 1. The van der Waals surface area contributed by atoms with Gasteiger partial charge in [0.2, 0.25) is 8.32 Å². The average Bonchev–Trinajstić information content (AvgIpc) is 2.87. The van der Waals surface area contributed by atoms with Gasteiger partial charge in [-0.25, -0.2) is 9.36 Å². The van der Waals surface area contributed by atoms with Gasteiger partial charge in [-0.05, 0) is 42.4 Å².